The summed E-state index contributed by atoms with van der Waals surface area (Å²) >= 11 is 5.44. The van der Waals surface area contributed by atoms with Crippen molar-refractivity contribution in [3.63, 3.8) is 0 Å². The number of alkyl halides is 1. The number of carbonyl (C=O) groups is 1. The molecule has 4 heteroatoms. The summed E-state index contributed by atoms with van der Waals surface area (Å²) in [4.78, 5) is 11.3. The molecule has 1 amide bonds. The lowest BCUT2D eigenvalue weighted by Crippen LogP contribution is -2.17. The van der Waals surface area contributed by atoms with Gasteiger partial charge in [0.15, 0.2) is 6.07 Å². The van der Waals surface area contributed by atoms with E-state index in [9.17, 15) is 4.79 Å². The van der Waals surface area contributed by atoms with Crippen molar-refractivity contribution in [1.29, 1.82) is 0 Å². The first-order valence-corrected chi connectivity index (χ1v) is 4.74. The highest BCUT2D eigenvalue weighted by molar-refractivity contribution is 6.17. The molecule has 1 N–H and O–H groups in total. The van der Waals surface area contributed by atoms with Gasteiger partial charge in [-0.25, -0.2) is 0 Å². The smallest absolute Gasteiger partial charge is 0.251 e. The van der Waals surface area contributed by atoms with Gasteiger partial charge >= 0.3 is 0 Å². The van der Waals surface area contributed by atoms with Crippen molar-refractivity contribution in [2.24, 2.45) is 0 Å². The molecule has 0 fully saturated rings. The number of halogens is 1. The Morgan fingerprint density at radius 1 is 1.57 bits per heavy atom. The van der Waals surface area contributed by atoms with Gasteiger partial charge in [-0.15, -0.1) is 0 Å². The zero-order valence-electron chi connectivity index (χ0n) is 8.13. The Bertz CT molecular complexity index is 339. The van der Waals surface area contributed by atoms with E-state index in [2.05, 4.69) is 5.32 Å². The average molecular weight is 214 g/mol. The third kappa shape index (κ3) is 2.39. The second kappa shape index (κ2) is 4.86. The molecule has 0 heterocycles. The highest BCUT2D eigenvalue weighted by atomic mass is 35.5. The summed E-state index contributed by atoms with van der Waals surface area (Å²) in [6.07, 6.45) is 0. The highest BCUT2D eigenvalue weighted by Gasteiger charge is 2.05. The molecule has 0 unspecified atom stereocenters. The Hall–Kier alpha value is -1.22. The maximum absolute atomic E-state index is 11.3. The molecule has 0 aliphatic rings. The van der Waals surface area contributed by atoms with E-state index in [1.54, 1.807) is 25.2 Å². The van der Waals surface area contributed by atoms with Gasteiger partial charge in [0.2, 0.25) is 0 Å². The average Bonchev–Trinajstić information content (AvgIpc) is 2.20. The molecule has 14 heavy (non-hydrogen) atoms. The summed E-state index contributed by atoms with van der Waals surface area (Å²) in [6, 6.07) is 5.32. The highest BCUT2D eigenvalue weighted by Crippen LogP contribution is 2.19. The van der Waals surface area contributed by atoms with Crippen LogP contribution >= 0.6 is 11.6 Å². The topological polar surface area (TPSA) is 38.3 Å². The maximum atomic E-state index is 11.3. The van der Waals surface area contributed by atoms with Crippen LogP contribution in [0.5, 0.6) is 5.75 Å². The number of benzene rings is 1. The van der Waals surface area contributed by atoms with Gasteiger partial charge < -0.3 is 10.1 Å². The Balaban J connectivity index is 2.94. The molecule has 3 nitrogen and oxygen atoms in total. The van der Waals surface area contributed by atoms with Crippen LogP contribution in [-0.2, 0) is 0 Å². The number of hydrogen-bond donors (Lipinski definition) is 1. The van der Waals surface area contributed by atoms with Crippen molar-refractivity contribution in [2.75, 3.05) is 13.1 Å². The monoisotopic (exact) mass is 213 g/mol. The number of ether oxygens (including phenoxy) is 1. The SMILES string of the molecule is CNC(=O)c1ccc(OCCl)c(C)c1. The van der Waals surface area contributed by atoms with Crippen molar-refractivity contribution in [3.05, 3.63) is 29.3 Å². The van der Waals surface area contributed by atoms with E-state index in [-0.39, 0.29) is 12.0 Å². The minimum Gasteiger partial charge on any atom is -0.478 e. The number of rotatable bonds is 3. The molecule has 0 aliphatic carbocycles. The first kappa shape index (κ1) is 10.9. The van der Waals surface area contributed by atoms with Crippen molar-refractivity contribution in [2.45, 2.75) is 6.92 Å². The van der Waals surface area contributed by atoms with E-state index in [1.807, 2.05) is 6.92 Å². The predicted octanol–water partition coefficient (Wildman–Crippen LogP) is 1.93. The van der Waals surface area contributed by atoms with E-state index in [0.717, 1.165) is 5.56 Å². The van der Waals surface area contributed by atoms with Crippen LogP contribution in [0.4, 0.5) is 0 Å². The molecular weight excluding hydrogens is 202 g/mol. The molecule has 0 aliphatic heterocycles. The van der Waals surface area contributed by atoms with Gasteiger partial charge in [-0.05, 0) is 30.7 Å². The van der Waals surface area contributed by atoms with Crippen LogP contribution in [0.2, 0.25) is 0 Å². The molecule has 0 saturated carbocycles. The normalized spacial score (nSPS) is 9.64. The Kier molecular flexibility index (Phi) is 3.77. The third-order valence-corrected chi connectivity index (χ3v) is 1.98. The summed E-state index contributed by atoms with van der Waals surface area (Å²) < 4.78 is 5.14. The number of amides is 1. The van der Waals surface area contributed by atoms with Crippen LogP contribution in [-0.4, -0.2) is 19.0 Å². The van der Waals surface area contributed by atoms with Crippen LogP contribution in [0.3, 0.4) is 0 Å². The second-order valence-corrected chi connectivity index (χ2v) is 3.03. The predicted molar refractivity (Wildman–Crippen MR) is 55.9 cm³/mol. The van der Waals surface area contributed by atoms with Crippen LogP contribution in [0.1, 0.15) is 15.9 Å². The lowest BCUT2D eigenvalue weighted by atomic mass is 10.1. The first-order chi connectivity index (χ1) is 6.69. The molecule has 0 saturated heterocycles. The number of aryl methyl sites for hydroxylation is 1. The van der Waals surface area contributed by atoms with Crippen molar-refractivity contribution in [1.82, 2.24) is 5.32 Å². The van der Waals surface area contributed by atoms with Gasteiger partial charge in [-0.2, -0.15) is 0 Å². The largest absolute Gasteiger partial charge is 0.478 e. The zero-order valence-corrected chi connectivity index (χ0v) is 8.89. The molecule has 0 bridgehead atoms. The van der Waals surface area contributed by atoms with Crippen LogP contribution in [0, 0.1) is 6.92 Å². The summed E-state index contributed by atoms with van der Waals surface area (Å²) in [6.45, 7) is 1.87. The fraction of sp³-hybridized carbons (Fsp3) is 0.300. The van der Waals surface area contributed by atoms with Crippen molar-refractivity contribution >= 4 is 17.5 Å². The summed E-state index contributed by atoms with van der Waals surface area (Å²) in [5.41, 5.74) is 1.51. The summed E-state index contributed by atoms with van der Waals surface area (Å²) in [5.74, 6) is 0.596. The molecule has 1 aromatic rings. The second-order valence-electron chi connectivity index (χ2n) is 2.81. The minimum atomic E-state index is -0.106. The number of nitrogens with one attached hydrogen (secondary N) is 1. The Morgan fingerprint density at radius 3 is 2.79 bits per heavy atom. The minimum absolute atomic E-state index is 0.106. The van der Waals surface area contributed by atoms with Gasteiger partial charge in [0.25, 0.3) is 5.91 Å². The van der Waals surface area contributed by atoms with Gasteiger partial charge in [0, 0.05) is 12.6 Å². The Morgan fingerprint density at radius 2 is 2.29 bits per heavy atom. The quantitative estimate of drug-likeness (QED) is 0.780. The lowest BCUT2D eigenvalue weighted by Gasteiger charge is -2.07. The molecule has 1 aromatic carbocycles. The van der Waals surface area contributed by atoms with E-state index in [1.165, 1.54) is 0 Å². The summed E-state index contributed by atoms with van der Waals surface area (Å²) in [5, 5.41) is 2.55. The zero-order chi connectivity index (χ0) is 10.6. The molecule has 0 radical (unpaired) electrons. The summed E-state index contributed by atoms with van der Waals surface area (Å²) in [7, 11) is 1.60. The van der Waals surface area contributed by atoms with Crippen LogP contribution in [0.25, 0.3) is 0 Å². The third-order valence-electron chi connectivity index (χ3n) is 1.87. The molecule has 0 spiro atoms. The molecule has 1 rings (SSSR count). The van der Waals surface area contributed by atoms with E-state index < -0.39 is 0 Å². The lowest BCUT2D eigenvalue weighted by molar-refractivity contribution is 0.0963. The van der Waals surface area contributed by atoms with Gasteiger partial charge in [0.05, 0.1) is 0 Å². The molecule has 76 valence electrons. The van der Waals surface area contributed by atoms with Gasteiger partial charge in [0.1, 0.15) is 5.75 Å². The Labute approximate surface area is 88.0 Å². The van der Waals surface area contributed by atoms with Crippen LogP contribution in [0.15, 0.2) is 18.2 Å². The number of carbonyl (C=O) groups excluding carboxylic acids is 1. The fourth-order valence-corrected chi connectivity index (χ4v) is 1.27. The van der Waals surface area contributed by atoms with Crippen LogP contribution < -0.4 is 10.1 Å². The van der Waals surface area contributed by atoms with E-state index >= 15 is 0 Å². The molecule has 0 aromatic heterocycles. The van der Waals surface area contributed by atoms with E-state index in [0.29, 0.717) is 11.3 Å². The van der Waals surface area contributed by atoms with Crippen molar-refractivity contribution in [3.8, 4) is 5.75 Å². The van der Waals surface area contributed by atoms with Gasteiger partial charge in [-0.3, -0.25) is 4.79 Å². The maximum Gasteiger partial charge on any atom is 0.251 e. The molecular formula is C10H12ClNO2. The van der Waals surface area contributed by atoms with Crippen molar-refractivity contribution < 1.29 is 9.53 Å². The van der Waals surface area contributed by atoms with Gasteiger partial charge in [-0.1, -0.05) is 11.6 Å². The first-order valence-electron chi connectivity index (χ1n) is 4.20. The van der Waals surface area contributed by atoms with E-state index in [4.69, 9.17) is 16.3 Å². The molecule has 0 atom stereocenters. The number of hydrogen-bond acceptors (Lipinski definition) is 2. The standard InChI is InChI=1S/C10H12ClNO2/c1-7-5-8(10(13)12-2)3-4-9(7)14-6-11/h3-5H,6H2,1-2H3,(H,12,13). The fourth-order valence-electron chi connectivity index (χ4n) is 1.16.